The smallest absolute Gasteiger partial charge is 0.128 e. The van der Waals surface area contributed by atoms with E-state index in [2.05, 4.69) is 5.32 Å². The number of hydrogen-bond acceptors (Lipinski definition) is 4. The molecular formula is C15H22FNO3. The van der Waals surface area contributed by atoms with Gasteiger partial charge in [-0.2, -0.15) is 0 Å². The van der Waals surface area contributed by atoms with Crippen molar-refractivity contribution in [1.82, 2.24) is 5.32 Å². The van der Waals surface area contributed by atoms with Crippen molar-refractivity contribution in [2.24, 2.45) is 0 Å². The van der Waals surface area contributed by atoms with Crippen molar-refractivity contribution in [1.29, 1.82) is 0 Å². The molecule has 0 spiro atoms. The average molecular weight is 283 g/mol. The summed E-state index contributed by atoms with van der Waals surface area (Å²) in [5.74, 6) is -0.279. The summed E-state index contributed by atoms with van der Waals surface area (Å²) in [5.41, 5.74) is 0.506. The Bertz CT molecular complexity index is 396. The number of ether oxygens (including phenoxy) is 2. The van der Waals surface area contributed by atoms with E-state index < -0.39 is 6.10 Å². The van der Waals surface area contributed by atoms with Crippen molar-refractivity contribution in [2.45, 2.75) is 31.7 Å². The van der Waals surface area contributed by atoms with Gasteiger partial charge in [-0.3, -0.25) is 0 Å². The minimum absolute atomic E-state index is 0.176. The number of rotatable bonds is 8. The van der Waals surface area contributed by atoms with Crippen LogP contribution in [0.25, 0.3) is 0 Å². The van der Waals surface area contributed by atoms with Crippen LogP contribution in [0.15, 0.2) is 24.3 Å². The summed E-state index contributed by atoms with van der Waals surface area (Å²) >= 11 is 0. The highest BCUT2D eigenvalue weighted by atomic mass is 19.1. The van der Waals surface area contributed by atoms with Gasteiger partial charge in [0.2, 0.25) is 0 Å². The molecule has 0 amide bonds. The zero-order chi connectivity index (χ0) is 14.2. The Hall–Kier alpha value is -1.01. The predicted octanol–water partition coefficient (Wildman–Crippen LogP) is 1.47. The Kier molecular flexibility index (Phi) is 6.39. The largest absolute Gasteiger partial charge is 0.389 e. The first-order valence-electron chi connectivity index (χ1n) is 7.07. The molecule has 0 aliphatic carbocycles. The van der Waals surface area contributed by atoms with Crippen molar-refractivity contribution < 1.29 is 19.0 Å². The van der Waals surface area contributed by atoms with Gasteiger partial charge in [0.05, 0.1) is 25.4 Å². The highest BCUT2D eigenvalue weighted by Crippen LogP contribution is 2.10. The zero-order valence-electron chi connectivity index (χ0n) is 11.6. The predicted molar refractivity (Wildman–Crippen MR) is 73.9 cm³/mol. The van der Waals surface area contributed by atoms with Gasteiger partial charge in [-0.05, 0) is 18.9 Å². The first-order chi connectivity index (χ1) is 9.75. The minimum Gasteiger partial charge on any atom is -0.389 e. The van der Waals surface area contributed by atoms with Crippen molar-refractivity contribution in [3.05, 3.63) is 35.6 Å². The molecule has 20 heavy (non-hydrogen) atoms. The van der Waals surface area contributed by atoms with E-state index >= 15 is 0 Å². The normalized spacial score (nSPS) is 20.2. The van der Waals surface area contributed by atoms with E-state index in [-0.39, 0.29) is 25.1 Å². The number of halogens is 1. The van der Waals surface area contributed by atoms with Crippen LogP contribution in [0.5, 0.6) is 0 Å². The van der Waals surface area contributed by atoms with Crippen molar-refractivity contribution >= 4 is 0 Å². The maximum Gasteiger partial charge on any atom is 0.128 e. The van der Waals surface area contributed by atoms with Crippen LogP contribution in [-0.4, -0.2) is 43.6 Å². The third-order valence-electron chi connectivity index (χ3n) is 3.30. The first-order valence-corrected chi connectivity index (χ1v) is 7.07. The van der Waals surface area contributed by atoms with Gasteiger partial charge < -0.3 is 19.9 Å². The lowest BCUT2D eigenvalue weighted by Gasteiger charge is -2.15. The number of hydrogen-bond donors (Lipinski definition) is 2. The lowest BCUT2D eigenvalue weighted by atomic mass is 10.2. The Morgan fingerprint density at radius 2 is 2.30 bits per heavy atom. The molecule has 1 heterocycles. The van der Waals surface area contributed by atoms with E-state index in [1.807, 2.05) is 0 Å². The van der Waals surface area contributed by atoms with E-state index in [0.717, 1.165) is 26.0 Å². The third kappa shape index (κ3) is 5.17. The number of aliphatic hydroxyl groups is 1. The van der Waals surface area contributed by atoms with Crippen LogP contribution in [-0.2, 0) is 16.1 Å². The second-order valence-electron chi connectivity index (χ2n) is 5.05. The Morgan fingerprint density at radius 3 is 3.05 bits per heavy atom. The summed E-state index contributed by atoms with van der Waals surface area (Å²) in [6.45, 7) is 2.41. The average Bonchev–Trinajstić information content (AvgIpc) is 2.94. The van der Waals surface area contributed by atoms with E-state index in [0.29, 0.717) is 12.1 Å². The molecule has 4 nitrogen and oxygen atoms in total. The third-order valence-corrected chi connectivity index (χ3v) is 3.30. The molecule has 112 valence electrons. The van der Waals surface area contributed by atoms with E-state index in [1.165, 1.54) is 6.07 Å². The quantitative estimate of drug-likeness (QED) is 0.758. The molecule has 2 atom stereocenters. The molecule has 1 aromatic rings. The Morgan fingerprint density at radius 1 is 1.45 bits per heavy atom. The van der Waals surface area contributed by atoms with Gasteiger partial charge in [0, 0.05) is 25.3 Å². The molecule has 0 aromatic heterocycles. The molecule has 0 radical (unpaired) electrons. The van der Waals surface area contributed by atoms with Gasteiger partial charge in [-0.15, -0.1) is 0 Å². The highest BCUT2D eigenvalue weighted by Gasteiger charge is 2.15. The maximum atomic E-state index is 13.3. The highest BCUT2D eigenvalue weighted by molar-refractivity contribution is 5.16. The Balaban J connectivity index is 1.55. The van der Waals surface area contributed by atoms with E-state index in [9.17, 15) is 9.50 Å². The summed E-state index contributed by atoms with van der Waals surface area (Å²) in [5, 5.41) is 12.9. The second-order valence-corrected chi connectivity index (χ2v) is 5.05. The molecule has 5 heteroatoms. The lowest BCUT2D eigenvalue weighted by molar-refractivity contribution is 0.0256. The van der Waals surface area contributed by atoms with E-state index in [4.69, 9.17) is 9.47 Å². The summed E-state index contributed by atoms with van der Waals surface area (Å²) in [7, 11) is 0. The van der Waals surface area contributed by atoms with Crippen molar-refractivity contribution in [2.75, 3.05) is 26.3 Å². The zero-order valence-corrected chi connectivity index (χ0v) is 11.6. The van der Waals surface area contributed by atoms with Crippen molar-refractivity contribution in [3.8, 4) is 0 Å². The van der Waals surface area contributed by atoms with Gasteiger partial charge >= 0.3 is 0 Å². The summed E-state index contributed by atoms with van der Waals surface area (Å²) in [4.78, 5) is 0. The van der Waals surface area contributed by atoms with Crippen LogP contribution in [0, 0.1) is 5.82 Å². The summed E-state index contributed by atoms with van der Waals surface area (Å²) in [6.07, 6.45) is 1.86. The summed E-state index contributed by atoms with van der Waals surface area (Å²) in [6, 6.07) is 6.49. The molecule has 1 fully saturated rings. The van der Waals surface area contributed by atoms with Crippen LogP contribution in [0.2, 0.25) is 0 Å². The second kappa shape index (κ2) is 8.32. The standard InChI is InChI=1S/C15H22FNO3/c16-15-6-2-1-4-12(15)10-19-11-13(18)8-17-9-14-5-3-7-20-14/h1-2,4,6,13-14,17-18H,3,5,7-11H2. The SMILES string of the molecule is OC(CNCC1CCCO1)COCc1ccccc1F. The maximum absolute atomic E-state index is 13.3. The van der Waals surface area contributed by atoms with Crippen LogP contribution >= 0.6 is 0 Å². The van der Waals surface area contributed by atoms with Crippen molar-refractivity contribution in [3.63, 3.8) is 0 Å². The first kappa shape index (κ1) is 15.4. The van der Waals surface area contributed by atoms with Crippen LogP contribution in [0.4, 0.5) is 4.39 Å². The summed E-state index contributed by atoms with van der Waals surface area (Å²) < 4.78 is 24.1. The molecule has 0 bridgehead atoms. The van der Waals surface area contributed by atoms with Gasteiger partial charge in [0.1, 0.15) is 5.82 Å². The van der Waals surface area contributed by atoms with E-state index in [1.54, 1.807) is 18.2 Å². The van der Waals surface area contributed by atoms with Gasteiger partial charge in [0.15, 0.2) is 0 Å². The Labute approximate surface area is 118 Å². The molecule has 0 saturated carbocycles. The topological polar surface area (TPSA) is 50.7 Å². The molecule has 1 aliphatic rings. The molecular weight excluding hydrogens is 261 g/mol. The monoisotopic (exact) mass is 283 g/mol. The van der Waals surface area contributed by atoms with Crippen LogP contribution < -0.4 is 5.32 Å². The molecule has 2 unspecified atom stereocenters. The molecule has 1 saturated heterocycles. The fraction of sp³-hybridized carbons (Fsp3) is 0.600. The molecule has 1 aromatic carbocycles. The minimum atomic E-state index is -0.594. The van der Waals surface area contributed by atoms with Crippen LogP contribution in [0.1, 0.15) is 18.4 Å². The number of nitrogens with one attached hydrogen (secondary N) is 1. The number of aliphatic hydroxyl groups excluding tert-OH is 1. The fourth-order valence-corrected chi connectivity index (χ4v) is 2.20. The molecule has 2 N–H and O–H groups in total. The van der Waals surface area contributed by atoms with Gasteiger partial charge in [0.25, 0.3) is 0 Å². The van der Waals surface area contributed by atoms with Gasteiger partial charge in [-0.25, -0.2) is 4.39 Å². The van der Waals surface area contributed by atoms with Gasteiger partial charge in [-0.1, -0.05) is 18.2 Å². The molecule has 1 aliphatic heterocycles. The fourth-order valence-electron chi connectivity index (χ4n) is 2.20. The van der Waals surface area contributed by atoms with Crippen LogP contribution in [0.3, 0.4) is 0 Å². The number of benzene rings is 1. The lowest BCUT2D eigenvalue weighted by Crippen LogP contribution is -2.35. The molecule has 2 rings (SSSR count).